The molecule has 2 rings (SSSR count). The van der Waals surface area contributed by atoms with Gasteiger partial charge in [-0.15, -0.1) is 0 Å². The van der Waals surface area contributed by atoms with Crippen LogP contribution in [0.5, 0.6) is 0 Å². The van der Waals surface area contributed by atoms with Crippen LogP contribution in [0, 0.1) is 17.2 Å². The molecule has 0 bridgehead atoms. The number of carboxylic acid groups (broad SMARTS) is 1. The molecule has 0 spiro atoms. The Morgan fingerprint density at radius 3 is 2.78 bits per heavy atom. The lowest BCUT2D eigenvalue weighted by molar-refractivity contribution is -0.137. The third kappa shape index (κ3) is 3.01. The zero-order valence-electron chi connectivity index (χ0n) is 10.2. The number of carboxylic acids is 1. The maximum atomic E-state index is 10.5. The Kier molecular flexibility index (Phi) is 3.83. The molecule has 0 amide bonds. The summed E-state index contributed by atoms with van der Waals surface area (Å²) in [6.07, 6.45) is 2.06. The summed E-state index contributed by atoms with van der Waals surface area (Å²) in [5, 5.41) is 17.4. The van der Waals surface area contributed by atoms with Gasteiger partial charge in [-0.05, 0) is 43.0 Å². The second-order valence-corrected chi connectivity index (χ2v) is 4.69. The van der Waals surface area contributed by atoms with E-state index in [0.717, 1.165) is 31.6 Å². The Morgan fingerprint density at radius 1 is 1.44 bits per heavy atom. The Morgan fingerprint density at radius 2 is 2.17 bits per heavy atom. The summed E-state index contributed by atoms with van der Waals surface area (Å²) in [6, 6.07) is 9.65. The van der Waals surface area contributed by atoms with Crippen molar-refractivity contribution in [1.29, 1.82) is 5.26 Å². The van der Waals surface area contributed by atoms with E-state index in [1.165, 1.54) is 0 Å². The molecule has 1 N–H and O–H groups in total. The van der Waals surface area contributed by atoms with Gasteiger partial charge < -0.3 is 10.0 Å². The smallest absolute Gasteiger partial charge is 0.303 e. The van der Waals surface area contributed by atoms with Gasteiger partial charge in [0.1, 0.15) is 0 Å². The van der Waals surface area contributed by atoms with Gasteiger partial charge in [-0.25, -0.2) is 0 Å². The maximum Gasteiger partial charge on any atom is 0.303 e. The maximum absolute atomic E-state index is 10.5. The largest absolute Gasteiger partial charge is 0.481 e. The molecule has 4 nitrogen and oxygen atoms in total. The van der Waals surface area contributed by atoms with Crippen molar-refractivity contribution in [1.82, 2.24) is 0 Å². The van der Waals surface area contributed by atoms with Crippen LogP contribution in [-0.4, -0.2) is 24.2 Å². The first-order valence-electron chi connectivity index (χ1n) is 6.16. The van der Waals surface area contributed by atoms with Crippen LogP contribution in [0.1, 0.15) is 24.8 Å². The Labute approximate surface area is 106 Å². The highest BCUT2D eigenvalue weighted by Crippen LogP contribution is 2.26. The van der Waals surface area contributed by atoms with Crippen LogP contribution in [0.2, 0.25) is 0 Å². The summed E-state index contributed by atoms with van der Waals surface area (Å²) in [6.45, 7) is 1.88. The highest BCUT2D eigenvalue weighted by atomic mass is 16.4. The van der Waals surface area contributed by atoms with Crippen LogP contribution in [0.3, 0.4) is 0 Å². The van der Waals surface area contributed by atoms with E-state index in [0.29, 0.717) is 11.5 Å². The molecule has 94 valence electrons. The van der Waals surface area contributed by atoms with Crippen LogP contribution in [0.4, 0.5) is 5.69 Å². The molecule has 1 saturated heterocycles. The Hall–Kier alpha value is -2.02. The fourth-order valence-electron chi connectivity index (χ4n) is 2.38. The van der Waals surface area contributed by atoms with E-state index in [-0.39, 0.29) is 6.42 Å². The van der Waals surface area contributed by atoms with Crippen LogP contribution < -0.4 is 4.90 Å². The van der Waals surface area contributed by atoms with Crippen LogP contribution >= 0.6 is 0 Å². The summed E-state index contributed by atoms with van der Waals surface area (Å²) < 4.78 is 0. The number of rotatable bonds is 4. The van der Waals surface area contributed by atoms with Crippen LogP contribution in [-0.2, 0) is 4.79 Å². The minimum Gasteiger partial charge on any atom is -0.481 e. The summed E-state index contributed by atoms with van der Waals surface area (Å²) in [5.41, 5.74) is 1.78. The van der Waals surface area contributed by atoms with Crippen molar-refractivity contribution < 1.29 is 9.90 Å². The van der Waals surface area contributed by atoms with Gasteiger partial charge in [0.25, 0.3) is 0 Å². The molecule has 1 aromatic rings. The minimum atomic E-state index is -0.716. The second-order valence-electron chi connectivity index (χ2n) is 4.69. The number of hydrogen-bond donors (Lipinski definition) is 1. The average Bonchev–Trinajstić information content (AvgIpc) is 2.85. The van der Waals surface area contributed by atoms with E-state index >= 15 is 0 Å². The topological polar surface area (TPSA) is 64.3 Å². The first-order chi connectivity index (χ1) is 8.69. The van der Waals surface area contributed by atoms with Gasteiger partial charge in [0.05, 0.1) is 11.6 Å². The first-order valence-corrected chi connectivity index (χ1v) is 6.16. The molecule has 0 aliphatic carbocycles. The van der Waals surface area contributed by atoms with E-state index in [4.69, 9.17) is 10.4 Å². The van der Waals surface area contributed by atoms with Crippen molar-refractivity contribution >= 4 is 11.7 Å². The van der Waals surface area contributed by atoms with Gasteiger partial charge in [0.15, 0.2) is 0 Å². The fourth-order valence-corrected chi connectivity index (χ4v) is 2.38. The molecule has 0 radical (unpaired) electrons. The number of carbonyl (C=O) groups is 1. The number of anilines is 1. The van der Waals surface area contributed by atoms with Crippen LogP contribution in [0.25, 0.3) is 0 Å². The quantitative estimate of drug-likeness (QED) is 0.882. The predicted octanol–water partition coefficient (Wildman–Crippen LogP) is 2.25. The number of benzene rings is 1. The molecule has 1 aliphatic heterocycles. The summed E-state index contributed by atoms with van der Waals surface area (Å²) in [5.74, 6) is -0.247. The van der Waals surface area contributed by atoms with Gasteiger partial charge in [-0.1, -0.05) is 0 Å². The fraction of sp³-hybridized carbons (Fsp3) is 0.429. The molecule has 1 aliphatic rings. The molecule has 1 heterocycles. The van der Waals surface area contributed by atoms with Crippen molar-refractivity contribution in [3.63, 3.8) is 0 Å². The monoisotopic (exact) mass is 244 g/mol. The summed E-state index contributed by atoms with van der Waals surface area (Å²) in [4.78, 5) is 12.8. The molecule has 4 heteroatoms. The van der Waals surface area contributed by atoms with E-state index < -0.39 is 5.97 Å². The highest BCUT2D eigenvalue weighted by Gasteiger charge is 2.22. The predicted molar refractivity (Wildman–Crippen MR) is 68.3 cm³/mol. The third-order valence-corrected chi connectivity index (χ3v) is 3.41. The van der Waals surface area contributed by atoms with Gasteiger partial charge in [-0.3, -0.25) is 4.79 Å². The summed E-state index contributed by atoms with van der Waals surface area (Å²) >= 11 is 0. The Balaban J connectivity index is 1.91. The zero-order valence-corrected chi connectivity index (χ0v) is 10.2. The normalized spacial score (nSPS) is 18.6. The number of nitrogens with zero attached hydrogens (tertiary/aromatic N) is 2. The first kappa shape index (κ1) is 12.4. The molecule has 18 heavy (non-hydrogen) atoms. The lowest BCUT2D eigenvalue weighted by Crippen LogP contribution is -2.19. The van der Waals surface area contributed by atoms with E-state index in [9.17, 15) is 4.79 Å². The van der Waals surface area contributed by atoms with Gasteiger partial charge in [0, 0.05) is 25.2 Å². The van der Waals surface area contributed by atoms with Crippen molar-refractivity contribution in [2.24, 2.45) is 5.92 Å². The molecule has 1 unspecified atom stereocenters. The zero-order chi connectivity index (χ0) is 13.0. The van der Waals surface area contributed by atoms with E-state index in [2.05, 4.69) is 11.0 Å². The molecule has 1 atom stereocenters. The van der Waals surface area contributed by atoms with Crippen molar-refractivity contribution in [3.05, 3.63) is 29.8 Å². The van der Waals surface area contributed by atoms with Crippen molar-refractivity contribution in [2.75, 3.05) is 18.0 Å². The molecular weight excluding hydrogens is 228 g/mol. The molecule has 1 fully saturated rings. The van der Waals surface area contributed by atoms with E-state index in [1.807, 2.05) is 24.3 Å². The number of nitriles is 1. The Bertz CT molecular complexity index is 462. The highest BCUT2D eigenvalue weighted by molar-refractivity contribution is 5.66. The van der Waals surface area contributed by atoms with Gasteiger partial charge in [0.2, 0.25) is 0 Å². The van der Waals surface area contributed by atoms with Gasteiger partial charge >= 0.3 is 5.97 Å². The lowest BCUT2D eigenvalue weighted by atomic mass is 10.0. The number of aliphatic carboxylic acids is 1. The third-order valence-electron chi connectivity index (χ3n) is 3.41. The number of hydrogen-bond acceptors (Lipinski definition) is 3. The second kappa shape index (κ2) is 5.54. The molecule has 1 aromatic carbocycles. The summed E-state index contributed by atoms with van der Waals surface area (Å²) in [7, 11) is 0. The van der Waals surface area contributed by atoms with Gasteiger partial charge in [-0.2, -0.15) is 5.26 Å². The molecule has 0 aromatic heterocycles. The average molecular weight is 244 g/mol. The van der Waals surface area contributed by atoms with Crippen molar-refractivity contribution in [3.8, 4) is 6.07 Å². The minimum absolute atomic E-state index is 0.256. The van der Waals surface area contributed by atoms with Crippen LogP contribution in [0.15, 0.2) is 24.3 Å². The standard InChI is InChI=1S/C14H16N2O2/c15-9-11-1-4-13(5-2-11)16-8-7-12(10-16)3-6-14(17)18/h1-2,4-5,12H,3,6-8,10H2,(H,17,18). The lowest BCUT2D eigenvalue weighted by Gasteiger charge is -2.18. The van der Waals surface area contributed by atoms with E-state index in [1.54, 1.807) is 0 Å². The SMILES string of the molecule is N#Cc1ccc(N2CCC(CCC(=O)O)C2)cc1. The molecular formula is C14H16N2O2. The molecule has 0 saturated carbocycles. The van der Waals surface area contributed by atoms with Crippen molar-refractivity contribution in [2.45, 2.75) is 19.3 Å².